The maximum Gasteiger partial charge on any atom is 0.328 e. The molecule has 0 radical (unpaired) electrons. The molecule has 1 fully saturated rings. The Bertz CT molecular complexity index is 622. The number of esters is 1. The van der Waals surface area contributed by atoms with Gasteiger partial charge in [-0.25, -0.2) is 4.79 Å². The lowest BCUT2D eigenvalue weighted by Crippen LogP contribution is -2.42. The van der Waals surface area contributed by atoms with Crippen LogP contribution in [0.3, 0.4) is 0 Å². The first kappa shape index (κ1) is 15.7. The summed E-state index contributed by atoms with van der Waals surface area (Å²) in [6, 6.07) is 7.11. The number of rotatable bonds is 3. The van der Waals surface area contributed by atoms with Crippen LogP contribution >= 0.6 is 24.0 Å². The predicted octanol–water partition coefficient (Wildman–Crippen LogP) is 2.76. The third kappa shape index (κ3) is 3.33. The number of amides is 1. The molecule has 1 heterocycles. The third-order valence-corrected chi connectivity index (χ3v) is 4.46. The Balaban J connectivity index is 2.25. The van der Waals surface area contributed by atoms with Gasteiger partial charge < -0.3 is 4.74 Å². The second kappa shape index (κ2) is 6.41. The zero-order chi connectivity index (χ0) is 15.6. The summed E-state index contributed by atoms with van der Waals surface area (Å²) in [5, 5.41) is 0. The number of hydrogen-bond acceptors (Lipinski definition) is 5. The second-order valence-corrected chi connectivity index (χ2v) is 6.34. The van der Waals surface area contributed by atoms with E-state index in [0.29, 0.717) is 9.23 Å². The Morgan fingerprint density at radius 1 is 1.38 bits per heavy atom. The standard InChI is InChI=1S/C15H15NO3S2/c1-9-4-6-11(7-5-9)8-12-13(17)16(15(20)21-12)10(2)14(18)19-3/h4-8,10H,1-3H3/b12-8-/t10-/m0/s1. The number of thiocarbonyl (C=S) groups is 1. The van der Waals surface area contributed by atoms with Crippen LogP contribution in [-0.4, -0.2) is 34.2 Å². The molecular formula is C15H15NO3S2. The highest BCUT2D eigenvalue weighted by Crippen LogP contribution is 2.34. The molecule has 1 aliphatic rings. The summed E-state index contributed by atoms with van der Waals surface area (Å²) in [6.07, 6.45) is 1.78. The molecule has 0 spiro atoms. The Kier molecular flexibility index (Phi) is 4.80. The van der Waals surface area contributed by atoms with Gasteiger partial charge in [0, 0.05) is 0 Å². The largest absolute Gasteiger partial charge is 0.467 e. The van der Waals surface area contributed by atoms with Crippen molar-refractivity contribution in [2.45, 2.75) is 19.9 Å². The molecule has 110 valence electrons. The summed E-state index contributed by atoms with van der Waals surface area (Å²) >= 11 is 6.39. The van der Waals surface area contributed by atoms with Gasteiger partial charge in [0.05, 0.1) is 12.0 Å². The molecule has 1 aromatic rings. The lowest BCUT2D eigenvalue weighted by atomic mass is 10.1. The van der Waals surface area contributed by atoms with E-state index in [-0.39, 0.29) is 5.91 Å². The highest BCUT2D eigenvalue weighted by Gasteiger charge is 2.38. The number of carbonyl (C=O) groups is 2. The van der Waals surface area contributed by atoms with E-state index >= 15 is 0 Å². The van der Waals surface area contributed by atoms with E-state index in [1.54, 1.807) is 13.0 Å². The van der Waals surface area contributed by atoms with E-state index in [0.717, 1.165) is 11.1 Å². The summed E-state index contributed by atoms with van der Waals surface area (Å²) in [5.74, 6) is -0.744. The summed E-state index contributed by atoms with van der Waals surface area (Å²) in [4.78, 5) is 25.8. The van der Waals surface area contributed by atoms with Crippen LogP contribution in [0.2, 0.25) is 0 Å². The van der Waals surface area contributed by atoms with Gasteiger partial charge in [0.15, 0.2) is 0 Å². The molecule has 0 unspecified atom stereocenters. The molecule has 0 aliphatic carbocycles. The fourth-order valence-corrected chi connectivity index (χ4v) is 3.32. The molecule has 21 heavy (non-hydrogen) atoms. The average molecular weight is 321 g/mol. The van der Waals surface area contributed by atoms with Crippen molar-refractivity contribution in [3.63, 3.8) is 0 Å². The molecule has 2 rings (SSSR count). The fourth-order valence-electron chi connectivity index (χ4n) is 1.90. The fraction of sp³-hybridized carbons (Fsp3) is 0.267. The van der Waals surface area contributed by atoms with Gasteiger partial charge in [0.25, 0.3) is 5.91 Å². The van der Waals surface area contributed by atoms with Crippen LogP contribution in [0.25, 0.3) is 6.08 Å². The van der Waals surface area contributed by atoms with Crippen molar-refractivity contribution in [2.24, 2.45) is 0 Å². The Hall–Kier alpha value is -1.66. The number of nitrogens with zero attached hydrogens (tertiary/aromatic N) is 1. The molecule has 1 amide bonds. The lowest BCUT2D eigenvalue weighted by molar-refractivity contribution is -0.147. The topological polar surface area (TPSA) is 46.6 Å². The minimum Gasteiger partial charge on any atom is -0.467 e. The van der Waals surface area contributed by atoms with E-state index in [9.17, 15) is 9.59 Å². The van der Waals surface area contributed by atoms with Crippen LogP contribution in [0.4, 0.5) is 0 Å². The predicted molar refractivity (Wildman–Crippen MR) is 87.7 cm³/mol. The minimum absolute atomic E-state index is 0.261. The summed E-state index contributed by atoms with van der Waals surface area (Å²) < 4.78 is 5.04. The normalized spacial score (nSPS) is 18.2. The van der Waals surface area contributed by atoms with Crippen LogP contribution in [0.15, 0.2) is 29.2 Å². The molecule has 1 aromatic carbocycles. The Morgan fingerprint density at radius 2 is 2.00 bits per heavy atom. The number of benzene rings is 1. The van der Waals surface area contributed by atoms with E-state index in [2.05, 4.69) is 4.74 Å². The van der Waals surface area contributed by atoms with Gasteiger partial charge in [-0.1, -0.05) is 53.8 Å². The Labute approximate surface area is 133 Å². The zero-order valence-corrected chi connectivity index (χ0v) is 13.6. The SMILES string of the molecule is COC(=O)[C@H](C)N1C(=O)/C(=C/c2ccc(C)cc2)SC1=S. The van der Waals surface area contributed by atoms with Crippen LogP contribution in [0, 0.1) is 6.92 Å². The van der Waals surface area contributed by atoms with Crippen molar-refractivity contribution in [3.8, 4) is 0 Å². The first-order valence-electron chi connectivity index (χ1n) is 6.35. The number of hydrogen-bond donors (Lipinski definition) is 0. The van der Waals surface area contributed by atoms with Crippen molar-refractivity contribution in [1.29, 1.82) is 0 Å². The van der Waals surface area contributed by atoms with Gasteiger partial charge in [-0.2, -0.15) is 0 Å². The molecule has 6 heteroatoms. The van der Waals surface area contributed by atoms with E-state index in [4.69, 9.17) is 12.2 Å². The monoisotopic (exact) mass is 321 g/mol. The second-order valence-electron chi connectivity index (χ2n) is 4.66. The van der Waals surface area contributed by atoms with Gasteiger partial charge in [0.2, 0.25) is 0 Å². The molecular weight excluding hydrogens is 306 g/mol. The van der Waals surface area contributed by atoms with Gasteiger partial charge in [-0.05, 0) is 25.5 Å². The van der Waals surface area contributed by atoms with E-state index in [1.807, 2.05) is 31.2 Å². The molecule has 0 saturated carbocycles. The number of ether oxygens (including phenoxy) is 1. The maximum atomic E-state index is 12.4. The van der Waals surface area contributed by atoms with Crippen molar-refractivity contribution >= 4 is 46.3 Å². The molecule has 0 bridgehead atoms. The Morgan fingerprint density at radius 3 is 2.57 bits per heavy atom. The first-order valence-corrected chi connectivity index (χ1v) is 7.58. The number of methoxy groups -OCH3 is 1. The molecule has 1 saturated heterocycles. The quantitative estimate of drug-likeness (QED) is 0.487. The zero-order valence-electron chi connectivity index (χ0n) is 12.0. The lowest BCUT2D eigenvalue weighted by Gasteiger charge is -2.20. The summed E-state index contributed by atoms with van der Waals surface area (Å²) in [7, 11) is 1.29. The van der Waals surface area contributed by atoms with Crippen LogP contribution in [-0.2, 0) is 14.3 Å². The number of carbonyl (C=O) groups excluding carboxylic acids is 2. The smallest absolute Gasteiger partial charge is 0.328 e. The van der Waals surface area contributed by atoms with Gasteiger partial charge >= 0.3 is 5.97 Å². The van der Waals surface area contributed by atoms with Crippen molar-refractivity contribution in [2.75, 3.05) is 7.11 Å². The maximum absolute atomic E-state index is 12.4. The molecule has 0 N–H and O–H groups in total. The van der Waals surface area contributed by atoms with Crippen molar-refractivity contribution < 1.29 is 14.3 Å². The van der Waals surface area contributed by atoms with Crippen LogP contribution in [0.1, 0.15) is 18.1 Å². The molecule has 1 aliphatic heterocycles. The average Bonchev–Trinajstić information content (AvgIpc) is 2.74. The van der Waals surface area contributed by atoms with E-state index < -0.39 is 12.0 Å². The third-order valence-electron chi connectivity index (χ3n) is 3.13. The molecule has 1 atom stereocenters. The first-order chi connectivity index (χ1) is 9.93. The van der Waals surface area contributed by atoms with Crippen LogP contribution in [0.5, 0.6) is 0 Å². The van der Waals surface area contributed by atoms with Gasteiger partial charge in [-0.3, -0.25) is 9.69 Å². The van der Waals surface area contributed by atoms with Gasteiger partial charge in [-0.15, -0.1) is 0 Å². The summed E-state index contributed by atoms with van der Waals surface area (Å²) in [6.45, 7) is 3.60. The van der Waals surface area contributed by atoms with Gasteiger partial charge in [0.1, 0.15) is 10.4 Å². The molecule has 4 nitrogen and oxygen atoms in total. The molecule has 0 aromatic heterocycles. The number of thioether (sulfide) groups is 1. The van der Waals surface area contributed by atoms with Crippen molar-refractivity contribution in [1.82, 2.24) is 4.90 Å². The van der Waals surface area contributed by atoms with E-state index in [1.165, 1.54) is 23.8 Å². The minimum atomic E-state index is -0.716. The highest BCUT2D eigenvalue weighted by molar-refractivity contribution is 8.26. The highest BCUT2D eigenvalue weighted by atomic mass is 32.2. The van der Waals surface area contributed by atoms with Crippen molar-refractivity contribution in [3.05, 3.63) is 40.3 Å². The summed E-state index contributed by atoms with van der Waals surface area (Å²) in [5.41, 5.74) is 2.07. The van der Waals surface area contributed by atoms with Crippen LogP contribution < -0.4 is 0 Å². The number of aryl methyl sites for hydroxylation is 1.